The molecule has 2 heteroatoms. The van der Waals surface area contributed by atoms with Crippen molar-refractivity contribution >= 4 is 5.78 Å². The molecule has 0 amide bonds. The van der Waals surface area contributed by atoms with Crippen molar-refractivity contribution in [2.24, 2.45) is 0 Å². The molecule has 0 spiro atoms. The number of carbonyl (C=O) groups is 1. The fourth-order valence-electron chi connectivity index (χ4n) is 2.32. The van der Waals surface area contributed by atoms with Crippen LogP contribution in [0.5, 0.6) is 5.75 Å². The molecule has 1 aromatic carbocycles. The number of carbonyl (C=O) groups excluding carboxylic acids is 1. The number of Topliss-reactive ketones (excluding diaryl/α,β-unsaturated/α-hetero) is 1. The second-order valence-electron chi connectivity index (χ2n) is 5.15. The van der Waals surface area contributed by atoms with E-state index in [4.69, 9.17) is 4.74 Å². The maximum atomic E-state index is 12.3. The van der Waals surface area contributed by atoms with Gasteiger partial charge in [0.25, 0.3) is 0 Å². The van der Waals surface area contributed by atoms with E-state index in [9.17, 15) is 4.79 Å². The topological polar surface area (TPSA) is 26.3 Å². The SMILES string of the molecule is O=C(C1=CCCCC1)c1cccc(OC2CC2)c1. The van der Waals surface area contributed by atoms with Crippen molar-refractivity contribution in [2.45, 2.75) is 44.6 Å². The fourth-order valence-corrected chi connectivity index (χ4v) is 2.32. The number of benzene rings is 1. The van der Waals surface area contributed by atoms with Gasteiger partial charge in [-0.2, -0.15) is 0 Å². The zero-order valence-corrected chi connectivity index (χ0v) is 10.5. The molecule has 1 fully saturated rings. The highest BCUT2D eigenvalue weighted by atomic mass is 16.5. The summed E-state index contributed by atoms with van der Waals surface area (Å²) in [5.74, 6) is 1.01. The summed E-state index contributed by atoms with van der Waals surface area (Å²) in [5, 5.41) is 0. The second kappa shape index (κ2) is 4.97. The normalized spacial score (nSPS) is 19.2. The predicted molar refractivity (Wildman–Crippen MR) is 71.0 cm³/mol. The summed E-state index contributed by atoms with van der Waals surface area (Å²) < 4.78 is 5.73. The van der Waals surface area contributed by atoms with Crippen LogP contribution in [0.15, 0.2) is 35.9 Å². The smallest absolute Gasteiger partial charge is 0.188 e. The molecule has 2 nitrogen and oxygen atoms in total. The molecule has 18 heavy (non-hydrogen) atoms. The van der Waals surface area contributed by atoms with E-state index < -0.39 is 0 Å². The van der Waals surface area contributed by atoms with Crippen LogP contribution in [0, 0.1) is 0 Å². The van der Waals surface area contributed by atoms with Crippen LogP contribution in [0.1, 0.15) is 48.9 Å². The largest absolute Gasteiger partial charge is 0.490 e. The van der Waals surface area contributed by atoms with Crippen molar-refractivity contribution in [3.8, 4) is 5.75 Å². The minimum absolute atomic E-state index is 0.177. The Morgan fingerprint density at radius 1 is 1.22 bits per heavy atom. The van der Waals surface area contributed by atoms with E-state index in [1.165, 1.54) is 6.42 Å². The number of rotatable bonds is 4. The van der Waals surface area contributed by atoms with Gasteiger partial charge in [-0.1, -0.05) is 18.2 Å². The molecule has 3 rings (SSSR count). The Kier molecular flexibility index (Phi) is 3.18. The Hall–Kier alpha value is -1.57. The van der Waals surface area contributed by atoms with E-state index >= 15 is 0 Å². The van der Waals surface area contributed by atoms with Crippen LogP contribution >= 0.6 is 0 Å². The van der Waals surface area contributed by atoms with Crippen LogP contribution in [0.4, 0.5) is 0 Å². The predicted octanol–water partition coefficient (Wildman–Crippen LogP) is 3.91. The Balaban J connectivity index is 1.77. The van der Waals surface area contributed by atoms with Crippen molar-refractivity contribution in [2.75, 3.05) is 0 Å². The monoisotopic (exact) mass is 242 g/mol. The van der Waals surface area contributed by atoms with Gasteiger partial charge in [0.05, 0.1) is 6.10 Å². The highest BCUT2D eigenvalue weighted by Gasteiger charge is 2.24. The number of ether oxygens (including phenoxy) is 1. The molecule has 0 bridgehead atoms. The Labute approximate surface area is 108 Å². The molecule has 0 aliphatic heterocycles. The quantitative estimate of drug-likeness (QED) is 0.748. The zero-order chi connectivity index (χ0) is 12.4. The Bertz CT molecular complexity index is 484. The van der Waals surface area contributed by atoms with Gasteiger partial charge in [0.1, 0.15) is 5.75 Å². The van der Waals surface area contributed by atoms with E-state index in [0.29, 0.717) is 6.10 Å². The first kappa shape index (κ1) is 11.5. The molecular weight excluding hydrogens is 224 g/mol. The highest BCUT2D eigenvalue weighted by Crippen LogP contribution is 2.28. The van der Waals surface area contributed by atoms with Gasteiger partial charge in [0, 0.05) is 5.56 Å². The van der Waals surface area contributed by atoms with Crippen molar-refractivity contribution in [3.63, 3.8) is 0 Å². The minimum Gasteiger partial charge on any atom is -0.490 e. The molecular formula is C16H18O2. The summed E-state index contributed by atoms with van der Waals surface area (Å²) in [7, 11) is 0. The van der Waals surface area contributed by atoms with Gasteiger partial charge in [-0.15, -0.1) is 0 Å². The lowest BCUT2D eigenvalue weighted by Gasteiger charge is -2.12. The molecule has 1 saturated carbocycles. The molecule has 2 aliphatic rings. The highest BCUT2D eigenvalue weighted by molar-refractivity contribution is 6.08. The summed E-state index contributed by atoms with van der Waals surface area (Å²) in [6, 6.07) is 7.62. The van der Waals surface area contributed by atoms with Gasteiger partial charge >= 0.3 is 0 Å². The molecule has 0 aromatic heterocycles. The average Bonchev–Trinajstić information content (AvgIpc) is 3.23. The van der Waals surface area contributed by atoms with E-state index in [2.05, 4.69) is 6.08 Å². The summed E-state index contributed by atoms with van der Waals surface area (Å²) in [6.07, 6.45) is 9.07. The number of ketones is 1. The molecule has 1 aromatic rings. The van der Waals surface area contributed by atoms with Gasteiger partial charge in [0.2, 0.25) is 0 Å². The molecule has 0 radical (unpaired) electrons. The van der Waals surface area contributed by atoms with Gasteiger partial charge in [-0.25, -0.2) is 0 Å². The van der Waals surface area contributed by atoms with Crippen molar-refractivity contribution in [3.05, 3.63) is 41.5 Å². The first-order valence-electron chi connectivity index (χ1n) is 6.83. The molecule has 0 saturated heterocycles. The molecule has 2 aliphatic carbocycles. The average molecular weight is 242 g/mol. The third-order valence-corrected chi connectivity index (χ3v) is 3.51. The van der Waals surface area contributed by atoms with E-state index in [1.807, 2.05) is 24.3 Å². The molecule has 0 N–H and O–H groups in total. The van der Waals surface area contributed by atoms with E-state index in [1.54, 1.807) is 0 Å². The van der Waals surface area contributed by atoms with Crippen LogP contribution in [0.3, 0.4) is 0 Å². The van der Waals surface area contributed by atoms with Crippen LogP contribution in [0.25, 0.3) is 0 Å². The lowest BCUT2D eigenvalue weighted by molar-refractivity contribution is 0.102. The van der Waals surface area contributed by atoms with Gasteiger partial charge in [-0.3, -0.25) is 4.79 Å². The molecule has 94 valence electrons. The lowest BCUT2D eigenvalue weighted by atomic mass is 9.93. The summed E-state index contributed by atoms with van der Waals surface area (Å²) >= 11 is 0. The summed E-state index contributed by atoms with van der Waals surface area (Å²) in [6.45, 7) is 0. The Morgan fingerprint density at radius 3 is 2.83 bits per heavy atom. The standard InChI is InChI=1S/C16H18O2/c17-16(12-5-2-1-3-6-12)13-7-4-8-15(11-13)18-14-9-10-14/h4-5,7-8,11,14H,1-3,6,9-10H2. The minimum atomic E-state index is 0.177. The van der Waals surface area contributed by atoms with Gasteiger partial charge in [-0.05, 0) is 56.2 Å². The van der Waals surface area contributed by atoms with Gasteiger partial charge in [0.15, 0.2) is 5.78 Å². The van der Waals surface area contributed by atoms with Crippen LogP contribution < -0.4 is 4.74 Å². The molecule has 0 heterocycles. The second-order valence-corrected chi connectivity index (χ2v) is 5.15. The molecule has 0 unspecified atom stereocenters. The van der Waals surface area contributed by atoms with E-state index in [-0.39, 0.29) is 5.78 Å². The van der Waals surface area contributed by atoms with Crippen molar-refractivity contribution in [1.82, 2.24) is 0 Å². The van der Waals surface area contributed by atoms with Crippen LogP contribution in [-0.2, 0) is 0 Å². The maximum absolute atomic E-state index is 12.3. The summed E-state index contributed by atoms with van der Waals surface area (Å²) in [4.78, 5) is 12.3. The van der Waals surface area contributed by atoms with Crippen molar-refractivity contribution < 1.29 is 9.53 Å². The van der Waals surface area contributed by atoms with Crippen LogP contribution in [-0.4, -0.2) is 11.9 Å². The lowest BCUT2D eigenvalue weighted by Crippen LogP contribution is -2.07. The number of hydrogen-bond acceptors (Lipinski definition) is 2. The third kappa shape index (κ3) is 2.63. The van der Waals surface area contributed by atoms with Crippen LogP contribution in [0.2, 0.25) is 0 Å². The van der Waals surface area contributed by atoms with E-state index in [0.717, 1.165) is 49.0 Å². The summed E-state index contributed by atoms with van der Waals surface area (Å²) in [5.41, 5.74) is 1.74. The fraction of sp³-hybridized carbons (Fsp3) is 0.438. The first-order chi connectivity index (χ1) is 8.83. The van der Waals surface area contributed by atoms with Crippen molar-refractivity contribution in [1.29, 1.82) is 0 Å². The molecule has 0 atom stereocenters. The Morgan fingerprint density at radius 2 is 2.11 bits per heavy atom. The zero-order valence-electron chi connectivity index (χ0n) is 10.5. The number of hydrogen-bond donors (Lipinski definition) is 0. The third-order valence-electron chi connectivity index (χ3n) is 3.51. The first-order valence-corrected chi connectivity index (χ1v) is 6.83. The maximum Gasteiger partial charge on any atom is 0.188 e. The van der Waals surface area contributed by atoms with Gasteiger partial charge < -0.3 is 4.74 Å². The number of allylic oxidation sites excluding steroid dienone is 2.